The first kappa shape index (κ1) is 16.8. The van der Waals surface area contributed by atoms with E-state index in [1.807, 2.05) is 28.8 Å². The van der Waals surface area contributed by atoms with Crippen LogP contribution >= 0.6 is 11.8 Å². The van der Waals surface area contributed by atoms with Crippen LogP contribution in [0.25, 0.3) is 17.1 Å². The Morgan fingerprint density at radius 1 is 1.15 bits per heavy atom. The zero-order valence-corrected chi connectivity index (χ0v) is 15.2. The van der Waals surface area contributed by atoms with Crippen LogP contribution in [0.5, 0.6) is 0 Å². The molecule has 1 fully saturated rings. The molecule has 7 heteroatoms. The van der Waals surface area contributed by atoms with Crippen molar-refractivity contribution in [2.45, 2.75) is 31.0 Å². The highest BCUT2D eigenvalue weighted by Gasteiger charge is 2.24. The van der Waals surface area contributed by atoms with Gasteiger partial charge in [-0.2, -0.15) is 0 Å². The van der Waals surface area contributed by atoms with Gasteiger partial charge in [-0.3, -0.25) is 14.3 Å². The average Bonchev–Trinajstić information content (AvgIpc) is 3.37. The predicted molar refractivity (Wildman–Crippen MR) is 101 cm³/mol. The fourth-order valence-electron chi connectivity index (χ4n) is 2.61. The van der Waals surface area contributed by atoms with Gasteiger partial charge in [-0.15, -0.1) is 10.2 Å². The van der Waals surface area contributed by atoms with Gasteiger partial charge in [0.2, 0.25) is 5.91 Å². The maximum Gasteiger partial charge on any atom is 0.230 e. The SMILES string of the molecule is Cc1ccc(-n2c(SCC(=O)NC3CC3)nnc2-c2ccncc2)cc1. The van der Waals surface area contributed by atoms with Crippen LogP contribution in [-0.4, -0.2) is 37.5 Å². The van der Waals surface area contributed by atoms with Gasteiger partial charge < -0.3 is 5.32 Å². The number of hydrogen-bond acceptors (Lipinski definition) is 5. The van der Waals surface area contributed by atoms with Crippen LogP contribution in [0.4, 0.5) is 0 Å². The second-order valence-electron chi connectivity index (χ2n) is 6.34. The predicted octanol–water partition coefficient (Wildman–Crippen LogP) is 3.01. The van der Waals surface area contributed by atoms with Gasteiger partial charge in [0.1, 0.15) is 0 Å². The quantitative estimate of drug-likeness (QED) is 0.680. The monoisotopic (exact) mass is 365 g/mol. The third kappa shape index (κ3) is 3.77. The fraction of sp³-hybridized carbons (Fsp3) is 0.263. The normalized spacial score (nSPS) is 13.6. The number of hydrogen-bond donors (Lipinski definition) is 1. The molecule has 3 aromatic rings. The summed E-state index contributed by atoms with van der Waals surface area (Å²) >= 11 is 1.40. The summed E-state index contributed by atoms with van der Waals surface area (Å²) in [5.74, 6) is 1.11. The molecule has 0 saturated heterocycles. The van der Waals surface area contributed by atoms with E-state index in [1.165, 1.54) is 17.3 Å². The van der Waals surface area contributed by atoms with Crippen molar-refractivity contribution >= 4 is 17.7 Å². The Hall–Kier alpha value is -2.67. The molecule has 1 N–H and O–H groups in total. The molecule has 1 amide bonds. The molecule has 0 atom stereocenters. The number of carbonyl (C=O) groups is 1. The van der Waals surface area contributed by atoms with Crippen molar-refractivity contribution in [1.29, 1.82) is 0 Å². The average molecular weight is 365 g/mol. The smallest absolute Gasteiger partial charge is 0.230 e. The molecule has 1 aliphatic carbocycles. The lowest BCUT2D eigenvalue weighted by molar-refractivity contribution is -0.118. The molecule has 1 aliphatic rings. The van der Waals surface area contributed by atoms with Crippen molar-refractivity contribution in [3.63, 3.8) is 0 Å². The van der Waals surface area contributed by atoms with Gasteiger partial charge >= 0.3 is 0 Å². The highest BCUT2D eigenvalue weighted by atomic mass is 32.2. The molecule has 26 heavy (non-hydrogen) atoms. The Labute approximate surface area is 156 Å². The number of aryl methyl sites for hydroxylation is 1. The summed E-state index contributed by atoms with van der Waals surface area (Å²) in [7, 11) is 0. The third-order valence-electron chi connectivity index (χ3n) is 4.14. The lowest BCUT2D eigenvalue weighted by Crippen LogP contribution is -2.27. The Kier molecular flexibility index (Phi) is 4.71. The number of rotatable bonds is 6. The van der Waals surface area contributed by atoms with Gasteiger partial charge in [-0.25, -0.2) is 0 Å². The third-order valence-corrected chi connectivity index (χ3v) is 5.07. The molecule has 0 aliphatic heterocycles. The lowest BCUT2D eigenvalue weighted by atomic mass is 10.2. The Morgan fingerprint density at radius 2 is 1.88 bits per heavy atom. The van der Waals surface area contributed by atoms with Crippen LogP contribution < -0.4 is 5.32 Å². The summed E-state index contributed by atoms with van der Waals surface area (Å²) in [4.78, 5) is 16.1. The topological polar surface area (TPSA) is 72.7 Å². The van der Waals surface area contributed by atoms with Crippen molar-refractivity contribution in [2.75, 3.05) is 5.75 Å². The summed E-state index contributed by atoms with van der Waals surface area (Å²) < 4.78 is 1.99. The van der Waals surface area contributed by atoms with Gasteiger partial charge in [0.25, 0.3) is 0 Å². The summed E-state index contributed by atoms with van der Waals surface area (Å²) in [5.41, 5.74) is 3.09. The molecular weight excluding hydrogens is 346 g/mol. The summed E-state index contributed by atoms with van der Waals surface area (Å²) in [6.07, 6.45) is 5.64. The Morgan fingerprint density at radius 3 is 2.58 bits per heavy atom. The van der Waals surface area contributed by atoms with Gasteiger partial charge in [0.15, 0.2) is 11.0 Å². The first-order valence-electron chi connectivity index (χ1n) is 8.56. The second-order valence-corrected chi connectivity index (χ2v) is 7.29. The zero-order chi connectivity index (χ0) is 17.9. The standard InChI is InChI=1S/C19H19N5OS/c1-13-2-6-16(7-3-13)24-18(14-8-10-20-11-9-14)22-23-19(24)26-12-17(25)21-15-4-5-15/h2-3,6-11,15H,4-5,12H2,1H3,(H,21,25). The number of carbonyl (C=O) groups excluding carboxylic acids is 1. The van der Waals surface area contributed by atoms with Crippen LogP contribution in [0.3, 0.4) is 0 Å². The molecule has 4 rings (SSSR count). The number of benzene rings is 1. The van der Waals surface area contributed by atoms with Crippen LogP contribution in [0, 0.1) is 6.92 Å². The van der Waals surface area contributed by atoms with Crippen molar-refractivity contribution in [2.24, 2.45) is 0 Å². The molecule has 0 unspecified atom stereocenters. The first-order chi connectivity index (χ1) is 12.7. The van der Waals surface area contributed by atoms with E-state index in [2.05, 4.69) is 39.6 Å². The fourth-order valence-corrected chi connectivity index (χ4v) is 3.37. The molecule has 1 saturated carbocycles. The van der Waals surface area contributed by atoms with E-state index in [1.54, 1.807) is 12.4 Å². The van der Waals surface area contributed by atoms with Gasteiger partial charge in [-0.05, 0) is 44.0 Å². The highest BCUT2D eigenvalue weighted by molar-refractivity contribution is 7.99. The van der Waals surface area contributed by atoms with Crippen LogP contribution in [-0.2, 0) is 4.79 Å². The van der Waals surface area contributed by atoms with E-state index < -0.39 is 0 Å². The Balaban J connectivity index is 1.65. The van der Waals surface area contributed by atoms with Crippen molar-refractivity contribution in [1.82, 2.24) is 25.1 Å². The van der Waals surface area contributed by atoms with E-state index in [-0.39, 0.29) is 5.91 Å². The maximum absolute atomic E-state index is 12.0. The van der Waals surface area contributed by atoms with Crippen molar-refractivity contribution in [3.05, 3.63) is 54.4 Å². The van der Waals surface area contributed by atoms with E-state index in [0.717, 1.165) is 29.9 Å². The number of thioether (sulfide) groups is 1. The van der Waals surface area contributed by atoms with Crippen molar-refractivity contribution in [3.8, 4) is 17.1 Å². The molecule has 0 bridgehead atoms. The van der Waals surface area contributed by atoms with E-state index in [0.29, 0.717) is 17.0 Å². The summed E-state index contributed by atoms with van der Waals surface area (Å²) in [5, 5.41) is 12.4. The van der Waals surface area contributed by atoms with Crippen LogP contribution in [0.15, 0.2) is 53.9 Å². The van der Waals surface area contributed by atoms with Gasteiger partial charge in [0, 0.05) is 29.7 Å². The summed E-state index contributed by atoms with van der Waals surface area (Å²) in [6.45, 7) is 2.05. The van der Waals surface area contributed by atoms with Crippen LogP contribution in [0.1, 0.15) is 18.4 Å². The number of amides is 1. The largest absolute Gasteiger partial charge is 0.353 e. The molecule has 132 valence electrons. The number of pyridine rings is 1. The van der Waals surface area contributed by atoms with Gasteiger partial charge in [-0.1, -0.05) is 29.5 Å². The minimum absolute atomic E-state index is 0.0430. The molecule has 2 heterocycles. The number of nitrogens with one attached hydrogen (secondary N) is 1. The second kappa shape index (κ2) is 7.29. The first-order valence-corrected chi connectivity index (χ1v) is 9.54. The molecule has 2 aromatic heterocycles. The van der Waals surface area contributed by atoms with E-state index >= 15 is 0 Å². The minimum atomic E-state index is 0.0430. The van der Waals surface area contributed by atoms with Crippen LogP contribution in [0.2, 0.25) is 0 Å². The molecule has 0 spiro atoms. The lowest BCUT2D eigenvalue weighted by Gasteiger charge is -2.10. The number of nitrogens with zero attached hydrogens (tertiary/aromatic N) is 4. The van der Waals surface area contributed by atoms with E-state index in [4.69, 9.17) is 0 Å². The number of aromatic nitrogens is 4. The van der Waals surface area contributed by atoms with E-state index in [9.17, 15) is 4.79 Å². The Bertz CT molecular complexity index is 903. The summed E-state index contributed by atoms with van der Waals surface area (Å²) in [6, 6.07) is 12.4. The van der Waals surface area contributed by atoms with Gasteiger partial charge in [0.05, 0.1) is 5.75 Å². The molecule has 1 aromatic carbocycles. The molecule has 6 nitrogen and oxygen atoms in total. The van der Waals surface area contributed by atoms with Crippen molar-refractivity contribution < 1.29 is 4.79 Å². The minimum Gasteiger partial charge on any atom is -0.353 e. The highest BCUT2D eigenvalue weighted by Crippen LogP contribution is 2.28. The molecule has 0 radical (unpaired) electrons. The zero-order valence-electron chi connectivity index (χ0n) is 14.4. The maximum atomic E-state index is 12.0. The molecular formula is C19H19N5OS.